The molecule has 108 valence electrons. The Hall–Kier alpha value is -1.13. The van der Waals surface area contributed by atoms with Crippen molar-refractivity contribution in [2.24, 2.45) is 0 Å². The average molecular weight is 337 g/mol. The molecule has 0 aliphatic carbocycles. The summed E-state index contributed by atoms with van der Waals surface area (Å²) in [7, 11) is 0. The van der Waals surface area contributed by atoms with Crippen molar-refractivity contribution in [3.8, 4) is 0 Å². The average Bonchev–Trinajstić information content (AvgIpc) is 2.69. The maximum absolute atomic E-state index is 10.5. The van der Waals surface area contributed by atoms with Crippen LogP contribution in [0.1, 0.15) is 41.1 Å². The zero-order valence-electron chi connectivity index (χ0n) is 12.4. The summed E-state index contributed by atoms with van der Waals surface area (Å²) >= 11 is 3.57. The smallest absolute Gasteiger partial charge is 0.0845 e. The molecule has 0 bridgehead atoms. The third-order valence-corrected chi connectivity index (χ3v) is 4.79. The molecule has 0 fully saturated rings. The number of hydrogen-bond acceptors (Lipinski definition) is 2. The first-order chi connectivity index (χ1) is 9.43. The molecule has 0 radical (unpaired) electrons. The molecule has 1 heterocycles. The lowest BCUT2D eigenvalue weighted by molar-refractivity contribution is 0.175. The number of halogens is 1. The van der Waals surface area contributed by atoms with Gasteiger partial charge in [0, 0.05) is 13.0 Å². The molecule has 0 saturated heterocycles. The van der Waals surface area contributed by atoms with Gasteiger partial charge < -0.3 is 5.11 Å². The monoisotopic (exact) mass is 336 g/mol. The Balaban J connectivity index is 2.27. The Kier molecular flexibility index (Phi) is 4.66. The van der Waals surface area contributed by atoms with Crippen molar-refractivity contribution in [3.05, 3.63) is 50.8 Å². The van der Waals surface area contributed by atoms with Crippen molar-refractivity contribution in [2.75, 3.05) is 0 Å². The highest BCUT2D eigenvalue weighted by Gasteiger charge is 2.17. The summed E-state index contributed by atoms with van der Waals surface area (Å²) in [6, 6.07) is 6.12. The van der Waals surface area contributed by atoms with Crippen molar-refractivity contribution >= 4 is 15.9 Å². The van der Waals surface area contributed by atoms with E-state index in [0.717, 1.165) is 28.0 Å². The zero-order chi connectivity index (χ0) is 14.9. The Morgan fingerprint density at radius 2 is 1.95 bits per heavy atom. The lowest BCUT2D eigenvalue weighted by Gasteiger charge is -2.14. The Morgan fingerprint density at radius 1 is 1.25 bits per heavy atom. The van der Waals surface area contributed by atoms with E-state index in [1.54, 1.807) is 0 Å². The Labute approximate surface area is 128 Å². The van der Waals surface area contributed by atoms with E-state index in [1.165, 1.54) is 11.1 Å². The van der Waals surface area contributed by atoms with Crippen LogP contribution in [0.3, 0.4) is 0 Å². The van der Waals surface area contributed by atoms with Crippen molar-refractivity contribution in [1.29, 1.82) is 0 Å². The normalized spacial score (nSPS) is 12.7. The highest BCUT2D eigenvalue weighted by Crippen LogP contribution is 2.27. The van der Waals surface area contributed by atoms with Gasteiger partial charge in [-0.3, -0.25) is 4.68 Å². The van der Waals surface area contributed by atoms with Gasteiger partial charge in [-0.15, -0.1) is 0 Å². The molecule has 0 saturated carbocycles. The highest BCUT2D eigenvalue weighted by molar-refractivity contribution is 9.10. The molecular formula is C16H21BrN2O. The van der Waals surface area contributed by atoms with Crippen molar-refractivity contribution < 1.29 is 5.11 Å². The summed E-state index contributed by atoms with van der Waals surface area (Å²) in [6.07, 6.45) is 0.0598. The summed E-state index contributed by atoms with van der Waals surface area (Å²) in [5.74, 6) is 0. The second kappa shape index (κ2) is 6.10. The van der Waals surface area contributed by atoms with Crippen LogP contribution in [-0.2, 0) is 13.0 Å². The molecule has 0 aliphatic rings. The number of aliphatic hydroxyl groups excluding tert-OH is 1. The summed E-state index contributed by atoms with van der Waals surface area (Å²) < 4.78 is 2.95. The van der Waals surface area contributed by atoms with E-state index in [0.29, 0.717) is 6.42 Å². The first kappa shape index (κ1) is 15.3. The molecule has 1 unspecified atom stereocenters. The van der Waals surface area contributed by atoms with E-state index in [9.17, 15) is 5.11 Å². The van der Waals surface area contributed by atoms with Crippen molar-refractivity contribution in [2.45, 2.75) is 46.8 Å². The van der Waals surface area contributed by atoms with Crippen LogP contribution in [0.2, 0.25) is 0 Å². The number of rotatable bonds is 4. The maximum Gasteiger partial charge on any atom is 0.0845 e. The van der Waals surface area contributed by atoms with Gasteiger partial charge in [-0.05, 0) is 60.3 Å². The van der Waals surface area contributed by atoms with Crippen LogP contribution < -0.4 is 0 Å². The molecule has 2 rings (SSSR count). The predicted octanol–water partition coefficient (Wildman–Crippen LogP) is 3.87. The van der Waals surface area contributed by atoms with Gasteiger partial charge in [-0.2, -0.15) is 5.10 Å². The molecule has 4 heteroatoms. The molecule has 1 aromatic carbocycles. The number of benzene rings is 1. The van der Waals surface area contributed by atoms with Crippen LogP contribution in [0, 0.1) is 20.8 Å². The summed E-state index contributed by atoms with van der Waals surface area (Å²) in [4.78, 5) is 0. The lowest BCUT2D eigenvalue weighted by Crippen LogP contribution is -2.09. The number of aromatic nitrogens is 2. The summed E-state index contributed by atoms with van der Waals surface area (Å²) in [5.41, 5.74) is 5.43. The molecule has 0 aliphatic heterocycles. The van der Waals surface area contributed by atoms with Crippen molar-refractivity contribution in [3.63, 3.8) is 0 Å². The van der Waals surface area contributed by atoms with Crippen LogP contribution in [-0.4, -0.2) is 14.9 Å². The molecule has 0 amide bonds. The molecule has 20 heavy (non-hydrogen) atoms. The van der Waals surface area contributed by atoms with Gasteiger partial charge in [-0.1, -0.05) is 18.2 Å². The van der Waals surface area contributed by atoms with Crippen LogP contribution in [0.5, 0.6) is 0 Å². The fourth-order valence-corrected chi connectivity index (χ4v) is 2.78. The number of hydrogen-bond donors (Lipinski definition) is 1. The molecule has 2 aromatic rings. The maximum atomic E-state index is 10.5. The quantitative estimate of drug-likeness (QED) is 0.920. The van der Waals surface area contributed by atoms with E-state index >= 15 is 0 Å². The number of aliphatic hydroxyl groups is 1. The minimum absolute atomic E-state index is 0.507. The fraction of sp³-hybridized carbons (Fsp3) is 0.438. The van der Waals surface area contributed by atoms with E-state index in [4.69, 9.17) is 0 Å². The Bertz CT molecular complexity index is 619. The standard InChI is InChI=1S/C16H21BrN2O/c1-5-19-14(16(17)12(4)18-19)9-15(20)13-7-6-10(2)11(3)8-13/h6-8,15,20H,5,9H2,1-4H3. The van der Waals surface area contributed by atoms with Crippen LogP contribution in [0.15, 0.2) is 22.7 Å². The van der Waals surface area contributed by atoms with Crippen molar-refractivity contribution in [1.82, 2.24) is 9.78 Å². The fourth-order valence-electron chi connectivity index (χ4n) is 2.34. The van der Waals surface area contributed by atoms with E-state index < -0.39 is 6.10 Å². The van der Waals surface area contributed by atoms with Crippen LogP contribution >= 0.6 is 15.9 Å². The molecule has 1 atom stereocenters. The predicted molar refractivity (Wildman–Crippen MR) is 84.9 cm³/mol. The van der Waals surface area contributed by atoms with Gasteiger partial charge >= 0.3 is 0 Å². The highest BCUT2D eigenvalue weighted by atomic mass is 79.9. The third-order valence-electron chi connectivity index (χ3n) is 3.76. The van der Waals surface area contributed by atoms with Gasteiger partial charge in [0.1, 0.15) is 0 Å². The molecule has 1 aromatic heterocycles. The molecule has 1 N–H and O–H groups in total. The summed E-state index contributed by atoms with van der Waals surface area (Å²) in [5, 5.41) is 14.9. The first-order valence-electron chi connectivity index (χ1n) is 6.91. The zero-order valence-corrected chi connectivity index (χ0v) is 14.0. The van der Waals surface area contributed by atoms with E-state index in [1.807, 2.05) is 17.7 Å². The Morgan fingerprint density at radius 3 is 2.55 bits per heavy atom. The van der Waals surface area contributed by atoms with Crippen LogP contribution in [0.25, 0.3) is 0 Å². The molecular weight excluding hydrogens is 316 g/mol. The number of aryl methyl sites for hydroxylation is 4. The second-order valence-electron chi connectivity index (χ2n) is 5.23. The first-order valence-corrected chi connectivity index (χ1v) is 7.70. The molecule has 0 spiro atoms. The van der Waals surface area contributed by atoms with Gasteiger partial charge in [-0.25, -0.2) is 0 Å². The summed E-state index contributed by atoms with van der Waals surface area (Å²) in [6.45, 7) is 8.99. The number of nitrogens with zero attached hydrogens (tertiary/aromatic N) is 2. The third kappa shape index (κ3) is 2.96. The van der Waals surface area contributed by atoms with Gasteiger partial charge in [0.05, 0.1) is 22.0 Å². The van der Waals surface area contributed by atoms with Gasteiger partial charge in [0.2, 0.25) is 0 Å². The van der Waals surface area contributed by atoms with Gasteiger partial charge in [0.25, 0.3) is 0 Å². The SMILES string of the molecule is CCn1nc(C)c(Br)c1CC(O)c1ccc(C)c(C)c1. The van der Waals surface area contributed by atoms with Gasteiger partial charge in [0.15, 0.2) is 0 Å². The van der Waals surface area contributed by atoms with E-state index in [2.05, 4.69) is 53.9 Å². The van der Waals surface area contributed by atoms with Crippen LogP contribution in [0.4, 0.5) is 0 Å². The minimum Gasteiger partial charge on any atom is -0.388 e. The minimum atomic E-state index is -0.507. The topological polar surface area (TPSA) is 38.0 Å². The second-order valence-corrected chi connectivity index (χ2v) is 6.02. The largest absolute Gasteiger partial charge is 0.388 e. The lowest BCUT2D eigenvalue weighted by atomic mass is 10.00. The van der Waals surface area contributed by atoms with E-state index in [-0.39, 0.29) is 0 Å². The molecule has 3 nitrogen and oxygen atoms in total.